The van der Waals surface area contributed by atoms with Gasteiger partial charge in [-0.1, -0.05) is 16.8 Å². The second kappa shape index (κ2) is 6.67. The third-order valence-electron chi connectivity index (χ3n) is 3.17. The predicted molar refractivity (Wildman–Crippen MR) is 84.5 cm³/mol. The number of esters is 1. The number of carbonyl (C=O) groups is 1. The fourth-order valence-corrected chi connectivity index (χ4v) is 2.13. The Kier molecular flexibility index (Phi) is 4.43. The number of benzene rings is 1. The van der Waals surface area contributed by atoms with Crippen LogP contribution < -0.4 is 0 Å². The van der Waals surface area contributed by atoms with Gasteiger partial charge in [0.1, 0.15) is 11.3 Å². The summed E-state index contributed by atoms with van der Waals surface area (Å²) in [6.45, 7) is 1.59. The van der Waals surface area contributed by atoms with E-state index in [0.29, 0.717) is 16.4 Å². The zero-order valence-electron chi connectivity index (χ0n) is 12.5. The lowest BCUT2D eigenvalue weighted by Gasteiger charge is -2.10. The molecule has 0 aliphatic rings. The maximum Gasteiger partial charge on any atom is 0.342 e. The van der Waals surface area contributed by atoms with E-state index >= 15 is 0 Å². The lowest BCUT2D eigenvalue weighted by atomic mass is 10.2. The first-order valence-corrected chi connectivity index (χ1v) is 7.36. The number of halogens is 1. The Balaban J connectivity index is 1.74. The highest BCUT2D eigenvalue weighted by molar-refractivity contribution is 6.30. The molecule has 0 saturated heterocycles. The number of pyridine rings is 1. The number of hydrogen-bond acceptors (Lipinski definition) is 7. The number of phenols is 1. The largest absolute Gasteiger partial charge is 0.507 e. The second-order valence-electron chi connectivity index (χ2n) is 4.91. The van der Waals surface area contributed by atoms with E-state index in [1.54, 1.807) is 31.5 Å². The van der Waals surface area contributed by atoms with Crippen LogP contribution in [0, 0.1) is 0 Å². The van der Waals surface area contributed by atoms with Crippen molar-refractivity contribution in [3.8, 4) is 17.1 Å². The highest BCUT2D eigenvalue weighted by Gasteiger charge is 2.22. The monoisotopic (exact) mass is 345 g/mol. The first-order valence-electron chi connectivity index (χ1n) is 6.98. The quantitative estimate of drug-likeness (QED) is 0.723. The average molecular weight is 346 g/mol. The molecule has 0 bridgehead atoms. The van der Waals surface area contributed by atoms with E-state index in [9.17, 15) is 9.90 Å². The van der Waals surface area contributed by atoms with Crippen LogP contribution in [-0.2, 0) is 4.74 Å². The van der Waals surface area contributed by atoms with Gasteiger partial charge in [-0.05, 0) is 37.3 Å². The summed E-state index contributed by atoms with van der Waals surface area (Å²) in [7, 11) is 0. The lowest BCUT2D eigenvalue weighted by Crippen LogP contribution is -2.09. The van der Waals surface area contributed by atoms with Gasteiger partial charge in [-0.2, -0.15) is 4.98 Å². The van der Waals surface area contributed by atoms with E-state index in [1.165, 1.54) is 18.2 Å². The molecule has 0 aliphatic carbocycles. The van der Waals surface area contributed by atoms with E-state index in [0.717, 1.165) is 0 Å². The first-order chi connectivity index (χ1) is 11.5. The minimum Gasteiger partial charge on any atom is -0.507 e. The standard InChI is InChI=1S/C16H12ClN3O4/c1-9(23-16(22)12-5-4-11(17)7-13(12)21)15-19-14(20-24-15)10-3-2-6-18-8-10/h2-9,21H,1H3. The topological polar surface area (TPSA) is 98.3 Å². The molecule has 1 aromatic carbocycles. The summed E-state index contributed by atoms with van der Waals surface area (Å²) in [6, 6.07) is 7.65. The first kappa shape index (κ1) is 15.9. The maximum atomic E-state index is 12.1. The Morgan fingerprint density at radius 2 is 2.21 bits per heavy atom. The molecule has 8 heteroatoms. The summed E-state index contributed by atoms with van der Waals surface area (Å²) >= 11 is 5.73. The molecule has 0 radical (unpaired) electrons. The molecule has 1 N–H and O–H groups in total. The Labute approximate surface area is 141 Å². The minimum atomic E-state index is -0.787. The van der Waals surface area contributed by atoms with Crippen molar-refractivity contribution in [2.24, 2.45) is 0 Å². The molecule has 3 rings (SSSR count). The molecule has 0 aliphatic heterocycles. The lowest BCUT2D eigenvalue weighted by molar-refractivity contribution is 0.0262. The van der Waals surface area contributed by atoms with E-state index in [2.05, 4.69) is 15.1 Å². The van der Waals surface area contributed by atoms with Crippen molar-refractivity contribution in [3.63, 3.8) is 0 Å². The summed E-state index contributed by atoms with van der Waals surface area (Å²) in [5.41, 5.74) is 0.680. The molecule has 122 valence electrons. The molecule has 0 amide bonds. The van der Waals surface area contributed by atoms with Gasteiger partial charge in [-0.15, -0.1) is 0 Å². The van der Waals surface area contributed by atoms with Crippen LogP contribution in [0.15, 0.2) is 47.2 Å². The highest BCUT2D eigenvalue weighted by Crippen LogP contribution is 2.25. The van der Waals surface area contributed by atoms with Crippen LogP contribution in [0.2, 0.25) is 5.02 Å². The molecule has 1 atom stereocenters. The average Bonchev–Trinajstić information content (AvgIpc) is 3.05. The third-order valence-corrected chi connectivity index (χ3v) is 3.41. The van der Waals surface area contributed by atoms with Crippen LogP contribution in [0.1, 0.15) is 29.3 Å². The van der Waals surface area contributed by atoms with Crippen molar-refractivity contribution in [1.29, 1.82) is 0 Å². The number of aromatic nitrogens is 3. The second-order valence-corrected chi connectivity index (χ2v) is 5.34. The summed E-state index contributed by atoms with van der Waals surface area (Å²) < 4.78 is 10.4. The van der Waals surface area contributed by atoms with Crippen molar-refractivity contribution in [1.82, 2.24) is 15.1 Å². The Morgan fingerprint density at radius 3 is 2.92 bits per heavy atom. The molecule has 2 heterocycles. The Morgan fingerprint density at radius 1 is 1.38 bits per heavy atom. The van der Waals surface area contributed by atoms with Crippen molar-refractivity contribution < 1.29 is 19.2 Å². The fourth-order valence-electron chi connectivity index (χ4n) is 1.96. The SMILES string of the molecule is CC(OC(=O)c1ccc(Cl)cc1O)c1nc(-c2cccnc2)no1. The number of carbonyl (C=O) groups excluding carboxylic acids is 1. The van der Waals surface area contributed by atoms with Gasteiger partial charge in [0.25, 0.3) is 5.89 Å². The number of phenolic OH excluding ortho intramolecular Hbond substituents is 1. The van der Waals surface area contributed by atoms with Crippen LogP contribution in [0.5, 0.6) is 5.75 Å². The zero-order valence-corrected chi connectivity index (χ0v) is 13.3. The number of aromatic hydroxyl groups is 1. The summed E-state index contributed by atoms with van der Waals surface area (Å²) in [4.78, 5) is 20.3. The smallest absolute Gasteiger partial charge is 0.342 e. The molecule has 7 nitrogen and oxygen atoms in total. The summed E-state index contributed by atoms with van der Waals surface area (Å²) in [5.74, 6) is -0.509. The molecule has 0 fully saturated rings. The number of hydrogen-bond donors (Lipinski definition) is 1. The predicted octanol–water partition coefficient (Wildman–Crippen LogP) is 3.41. The van der Waals surface area contributed by atoms with Crippen LogP contribution in [-0.4, -0.2) is 26.2 Å². The van der Waals surface area contributed by atoms with E-state index < -0.39 is 12.1 Å². The minimum absolute atomic E-state index is 0.00162. The summed E-state index contributed by atoms with van der Waals surface area (Å²) in [6.07, 6.45) is 2.44. The van der Waals surface area contributed by atoms with Gasteiger partial charge in [0.2, 0.25) is 5.82 Å². The Hall–Kier alpha value is -2.93. The van der Waals surface area contributed by atoms with Gasteiger partial charge in [0.15, 0.2) is 6.10 Å². The van der Waals surface area contributed by atoms with Gasteiger partial charge >= 0.3 is 5.97 Å². The molecule has 1 unspecified atom stereocenters. The molecule has 2 aromatic heterocycles. The molecular formula is C16H12ClN3O4. The Bertz CT molecular complexity index is 867. The van der Waals surface area contributed by atoms with E-state index in [4.69, 9.17) is 20.9 Å². The normalized spacial score (nSPS) is 11.9. The van der Waals surface area contributed by atoms with Crippen LogP contribution in [0.3, 0.4) is 0 Å². The number of rotatable bonds is 4. The van der Waals surface area contributed by atoms with Crippen LogP contribution in [0.25, 0.3) is 11.4 Å². The van der Waals surface area contributed by atoms with Gasteiger partial charge in [0.05, 0.1) is 0 Å². The zero-order chi connectivity index (χ0) is 17.1. The molecule has 3 aromatic rings. The number of ether oxygens (including phenoxy) is 1. The van der Waals surface area contributed by atoms with Gasteiger partial charge in [-0.25, -0.2) is 4.79 Å². The third kappa shape index (κ3) is 3.36. The molecule has 24 heavy (non-hydrogen) atoms. The van der Waals surface area contributed by atoms with Crippen molar-refractivity contribution >= 4 is 17.6 Å². The van der Waals surface area contributed by atoms with E-state index in [1.807, 2.05) is 0 Å². The van der Waals surface area contributed by atoms with E-state index in [-0.39, 0.29) is 17.2 Å². The molecule has 0 spiro atoms. The van der Waals surface area contributed by atoms with Crippen molar-refractivity contribution in [2.75, 3.05) is 0 Å². The van der Waals surface area contributed by atoms with Gasteiger partial charge in [-0.3, -0.25) is 4.98 Å². The van der Waals surface area contributed by atoms with Crippen molar-refractivity contribution in [2.45, 2.75) is 13.0 Å². The van der Waals surface area contributed by atoms with Gasteiger partial charge < -0.3 is 14.4 Å². The van der Waals surface area contributed by atoms with Crippen LogP contribution >= 0.6 is 11.6 Å². The number of nitrogens with zero attached hydrogens (tertiary/aromatic N) is 3. The molecule has 0 saturated carbocycles. The maximum absolute atomic E-state index is 12.1. The summed E-state index contributed by atoms with van der Waals surface area (Å²) in [5, 5.41) is 13.9. The molecular weight excluding hydrogens is 334 g/mol. The van der Waals surface area contributed by atoms with Crippen molar-refractivity contribution in [3.05, 3.63) is 59.2 Å². The fraction of sp³-hybridized carbons (Fsp3) is 0.125. The highest BCUT2D eigenvalue weighted by atomic mass is 35.5. The van der Waals surface area contributed by atoms with Gasteiger partial charge in [0, 0.05) is 23.0 Å². The van der Waals surface area contributed by atoms with Crippen LogP contribution in [0.4, 0.5) is 0 Å².